The van der Waals surface area contributed by atoms with Gasteiger partial charge in [0.05, 0.1) is 23.4 Å². The average Bonchev–Trinajstić information content (AvgIpc) is 3.01. The highest BCUT2D eigenvalue weighted by Gasteiger charge is 2.27. The van der Waals surface area contributed by atoms with Gasteiger partial charge in [0, 0.05) is 6.04 Å². The van der Waals surface area contributed by atoms with Crippen molar-refractivity contribution >= 4 is 33.7 Å². The van der Waals surface area contributed by atoms with Gasteiger partial charge in [0.2, 0.25) is 0 Å². The van der Waals surface area contributed by atoms with Crippen molar-refractivity contribution in [2.75, 3.05) is 24.1 Å². The third-order valence-electron chi connectivity index (χ3n) is 6.68. The number of hydrogen-bond donors (Lipinski definition) is 2. The van der Waals surface area contributed by atoms with E-state index in [0.29, 0.717) is 29.4 Å². The summed E-state index contributed by atoms with van der Waals surface area (Å²) in [6, 6.07) is 21.5. The van der Waals surface area contributed by atoms with Crippen molar-refractivity contribution in [3.8, 4) is 11.5 Å². The molecule has 4 rings (SSSR count). The Kier molecular flexibility index (Phi) is 10.9. The van der Waals surface area contributed by atoms with Gasteiger partial charge in [-0.15, -0.1) is 0 Å². The summed E-state index contributed by atoms with van der Waals surface area (Å²) in [5.74, 6) is 0.334. The Balaban J connectivity index is 1.32. The van der Waals surface area contributed by atoms with E-state index in [-0.39, 0.29) is 23.5 Å². The van der Waals surface area contributed by atoms with Gasteiger partial charge in [0.1, 0.15) is 18.0 Å². The number of nitrogens with one attached hydrogen (secondary N) is 2. The second kappa shape index (κ2) is 15.0. The van der Waals surface area contributed by atoms with Gasteiger partial charge in [-0.25, -0.2) is 13.8 Å². The molecule has 2 amide bonds. The van der Waals surface area contributed by atoms with E-state index in [1.807, 2.05) is 6.92 Å². The highest BCUT2D eigenvalue weighted by Crippen LogP contribution is 2.25. The molecule has 3 aromatic rings. The summed E-state index contributed by atoms with van der Waals surface area (Å²) < 4.78 is 39.0. The number of amides is 2. The number of benzene rings is 3. The van der Waals surface area contributed by atoms with Crippen LogP contribution in [-0.4, -0.2) is 52.2 Å². The van der Waals surface area contributed by atoms with Crippen molar-refractivity contribution in [3.63, 3.8) is 0 Å². The molecular weight excluding hydrogens is 556 g/mol. The van der Waals surface area contributed by atoms with Crippen LogP contribution in [-0.2, 0) is 19.6 Å². The fraction of sp³-hybridized carbons (Fsp3) is 0.323. The van der Waals surface area contributed by atoms with Crippen LogP contribution in [0.5, 0.6) is 11.5 Å². The molecule has 1 aliphatic rings. The number of hydrazone groups is 1. The Morgan fingerprint density at radius 1 is 0.881 bits per heavy atom. The van der Waals surface area contributed by atoms with E-state index in [9.17, 15) is 18.0 Å². The second-order valence-corrected chi connectivity index (χ2v) is 11.7. The average molecular weight is 593 g/mol. The topological polar surface area (TPSA) is 126 Å². The number of carbonyl (C=O) groups is 2. The summed E-state index contributed by atoms with van der Waals surface area (Å²) >= 11 is 0. The van der Waals surface area contributed by atoms with E-state index in [4.69, 9.17) is 9.47 Å². The summed E-state index contributed by atoms with van der Waals surface area (Å²) in [6.07, 6.45) is 6.97. The summed E-state index contributed by atoms with van der Waals surface area (Å²) in [6.45, 7) is 1.76. The Labute approximate surface area is 246 Å². The van der Waals surface area contributed by atoms with Crippen molar-refractivity contribution in [2.45, 2.75) is 50.0 Å². The van der Waals surface area contributed by atoms with E-state index in [2.05, 4.69) is 15.8 Å². The molecule has 222 valence electrons. The van der Waals surface area contributed by atoms with Crippen LogP contribution in [0.2, 0.25) is 0 Å². The summed E-state index contributed by atoms with van der Waals surface area (Å²) in [4.78, 5) is 25.0. The predicted octanol–water partition coefficient (Wildman–Crippen LogP) is 4.26. The van der Waals surface area contributed by atoms with Crippen LogP contribution in [0.25, 0.3) is 0 Å². The standard InChI is InChI=1S/C31H36N4O6S/c1-2-40-27-17-19-29(20-18-27)42(38,39)35(26-11-7-4-8-12-26)22-30(36)34-32-21-24-13-15-28(16-14-24)41-23-31(37)33-25-9-5-3-6-10-25/h4,7-8,11-21,25H,2-3,5-6,9-10,22-23H2,1H3,(H,33,37)(H,34,36)/b32-21+. The molecule has 0 bridgehead atoms. The number of ether oxygens (including phenoxy) is 2. The molecule has 2 N–H and O–H groups in total. The van der Waals surface area contributed by atoms with Crippen molar-refractivity contribution < 1.29 is 27.5 Å². The molecule has 10 nitrogen and oxygen atoms in total. The van der Waals surface area contributed by atoms with Gasteiger partial charge in [-0.05, 0) is 86.0 Å². The lowest BCUT2D eigenvalue weighted by Gasteiger charge is -2.23. The fourth-order valence-corrected chi connectivity index (χ4v) is 5.99. The number of sulfonamides is 1. The first-order chi connectivity index (χ1) is 20.3. The van der Waals surface area contributed by atoms with Crippen LogP contribution in [0.4, 0.5) is 5.69 Å². The molecule has 0 heterocycles. The monoisotopic (exact) mass is 592 g/mol. The number of anilines is 1. The van der Waals surface area contributed by atoms with Gasteiger partial charge < -0.3 is 14.8 Å². The first-order valence-electron chi connectivity index (χ1n) is 14.0. The molecule has 1 aliphatic carbocycles. The van der Waals surface area contributed by atoms with Crippen molar-refractivity contribution in [1.29, 1.82) is 0 Å². The third kappa shape index (κ3) is 8.81. The van der Waals surface area contributed by atoms with Crippen LogP contribution in [0.1, 0.15) is 44.6 Å². The molecule has 0 unspecified atom stereocenters. The number of hydrogen-bond acceptors (Lipinski definition) is 7. The quantitative estimate of drug-likeness (QED) is 0.226. The van der Waals surface area contributed by atoms with Gasteiger partial charge in [-0.1, -0.05) is 37.5 Å². The maximum absolute atomic E-state index is 13.5. The van der Waals surface area contributed by atoms with Crippen LogP contribution >= 0.6 is 0 Å². The number of rotatable bonds is 13. The Bertz CT molecular complexity index is 1440. The minimum Gasteiger partial charge on any atom is -0.494 e. The third-order valence-corrected chi connectivity index (χ3v) is 8.47. The van der Waals surface area contributed by atoms with E-state index < -0.39 is 22.5 Å². The van der Waals surface area contributed by atoms with E-state index in [1.54, 1.807) is 66.7 Å². The maximum Gasteiger partial charge on any atom is 0.264 e. The van der Waals surface area contributed by atoms with Crippen LogP contribution < -0.4 is 24.5 Å². The SMILES string of the molecule is CCOc1ccc(S(=O)(=O)N(CC(=O)N/N=C/c2ccc(OCC(=O)NC3CCCCC3)cc2)c2ccccc2)cc1. The molecule has 1 fully saturated rings. The van der Waals surface area contributed by atoms with Crippen LogP contribution in [0, 0.1) is 0 Å². The Morgan fingerprint density at radius 2 is 1.52 bits per heavy atom. The molecule has 1 saturated carbocycles. The number of carbonyl (C=O) groups excluding carboxylic acids is 2. The van der Waals surface area contributed by atoms with Crippen LogP contribution in [0.15, 0.2) is 88.9 Å². The smallest absolute Gasteiger partial charge is 0.264 e. The maximum atomic E-state index is 13.5. The molecule has 42 heavy (non-hydrogen) atoms. The normalized spacial score (nSPS) is 13.8. The molecule has 11 heteroatoms. The summed E-state index contributed by atoms with van der Waals surface area (Å²) in [5.41, 5.74) is 3.41. The van der Waals surface area contributed by atoms with Gasteiger partial charge in [-0.2, -0.15) is 5.10 Å². The summed E-state index contributed by atoms with van der Waals surface area (Å²) in [5, 5.41) is 6.99. The van der Waals surface area contributed by atoms with Gasteiger partial charge in [0.25, 0.3) is 21.8 Å². The summed E-state index contributed by atoms with van der Waals surface area (Å²) in [7, 11) is -4.06. The molecule has 0 atom stereocenters. The number of nitrogens with zero attached hydrogens (tertiary/aromatic N) is 2. The largest absolute Gasteiger partial charge is 0.494 e. The highest BCUT2D eigenvalue weighted by atomic mass is 32.2. The minimum absolute atomic E-state index is 0.0277. The Morgan fingerprint density at radius 3 is 2.19 bits per heavy atom. The second-order valence-electron chi connectivity index (χ2n) is 9.80. The number of para-hydroxylation sites is 1. The zero-order valence-corrected chi connectivity index (χ0v) is 24.4. The van der Waals surface area contributed by atoms with Gasteiger partial charge in [0.15, 0.2) is 6.61 Å². The molecule has 0 aliphatic heterocycles. The van der Waals surface area contributed by atoms with E-state index in [1.165, 1.54) is 24.8 Å². The van der Waals surface area contributed by atoms with Crippen LogP contribution in [0.3, 0.4) is 0 Å². The molecule has 0 aromatic heterocycles. The molecule has 0 saturated heterocycles. The zero-order valence-electron chi connectivity index (χ0n) is 23.6. The zero-order chi connectivity index (χ0) is 29.8. The Hall–Kier alpha value is -4.38. The van der Waals surface area contributed by atoms with Crippen molar-refractivity contribution in [1.82, 2.24) is 10.7 Å². The van der Waals surface area contributed by atoms with E-state index in [0.717, 1.165) is 30.0 Å². The molecule has 0 radical (unpaired) electrons. The first-order valence-corrected chi connectivity index (χ1v) is 15.4. The molecule has 3 aromatic carbocycles. The highest BCUT2D eigenvalue weighted by molar-refractivity contribution is 7.92. The minimum atomic E-state index is -4.06. The van der Waals surface area contributed by atoms with Crippen molar-refractivity contribution in [2.24, 2.45) is 5.10 Å². The van der Waals surface area contributed by atoms with Crippen molar-refractivity contribution in [3.05, 3.63) is 84.4 Å². The predicted molar refractivity (Wildman–Crippen MR) is 161 cm³/mol. The molecular formula is C31H36N4O6S. The fourth-order valence-electron chi connectivity index (χ4n) is 4.57. The van der Waals surface area contributed by atoms with E-state index >= 15 is 0 Å². The van der Waals surface area contributed by atoms with Gasteiger partial charge in [-0.3, -0.25) is 13.9 Å². The lowest BCUT2D eigenvalue weighted by Crippen LogP contribution is -2.39. The first kappa shape index (κ1) is 30.6. The lowest BCUT2D eigenvalue weighted by molar-refractivity contribution is -0.124. The molecule has 0 spiro atoms. The lowest BCUT2D eigenvalue weighted by atomic mass is 9.95. The van der Waals surface area contributed by atoms with Gasteiger partial charge >= 0.3 is 0 Å².